The quantitative estimate of drug-likeness (QED) is 0.754. The Morgan fingerprint density at radius 1 is 1.33 bits per heavy atom. The minimum Gasteiger partial charge on any atom is -0.377 e. The molecular weight excluding hydrogens is 186 g/mol. The van der Waals surface area contributed by atoms with Gasteiger partial charge in [-0.2, -0.15) is 0 Å². The Balaban J connectivity index is 1.63. The van der Waals surface area contributed by atoms with Crippen molar-refractivity contribution in [3.63, 3.8) is 0 Å². The molecule has 0 saturated heterocycles. The molecule has 2 rings (SSSR count). The summed E-state index contributed by atoms with van der Waals surface area (Å²) in [6.45, 7) is 5.74. The Kier molecular flexibility index (Phi) is 3.36. The van der Waals surface area contributed by atoms with Crippen LogP contribution in [0, 0.1) is 11.8 Å². The second-order valence-corrected chi connectivity index (χ2v) is 5.79. The Morgan fingerprint density at radius 3 is 2.40 bits per heavy atom. The van der Waals surface area contributed by atoms with Crippen molar-refractivity contribution >= 4 is 0 Å². The Bertz CT molecular complexity index is 199. The van der Waals surface area contributed by atoms with Crippen LogP contribution in [-0.4, -0.2) is 25.3 Å². The van der Waals surface area contributed by atoms with Crippen molar-refractivity contribution in [3.8, 4) is 0 Å². The van der Waals surface area contributed by atoms with E-state index in [1.54, 1.807) is 0 Å². The van der Waals surface area contributed by atoms with Gasteiger partial charge in [-0.15, -0.1) is 0 Å². The molecule has 0 aliphatic heterocycles. The van der Waals surface area contributed by atoms with Gasteiger partial charge >= 0.3 is 0 Å². The van der Waals surface area contributed by atoms with E-state index in [-0.39, 0.29) is 5.60 Å². The fraction of sp³-hybridized carbons (Fsp3) is 1.00. The van der Waals surface area contributed by atoms with Crippen LogP contribution in [0.15, 0.2) is 0 Å². The van der Waals surface area contributed by atoms with Crippen molar-refractivity contribution in [2.24, 2.45) is 11.8 Å². The lowest BCUT2D eigenvalue weighted by Crippen LogP contribution is -2.53. The summed E-state index contributed by atoms with van der Waals surface area (Å²) >= 11 is 0. The maximum absolute atomic E-state index is 5.60. The SMILES string of the molecule is COC1(CNC2CC(C(C)C)C2)CCC1. The Morgan fingerprint density at radius 2 is 2.00 bits per heavy atom. The predicted molar refractivity (Wildman–Crippen MR) is 62.9 cm³/mol. The van der Waals surface area contributed by atoms with Gasteiger partial charge in [0, 0.05) is 19.7 Å². The van der Waals surface area contributed by atoms with Crippen molar-refractivity contribution in [2.75, 3.05) is 13.7 Å². The van der Waals surface area contributed by atoms with Gasteiger partial charge < -0.3 is 10.1 Å². The van der Waals surface area contributed by atoms with E-state index in [1.165, 1.54) is 32.1 Å². The molecule has 0 aromatic heterocycles. The van der Waals surface area contributed by atoms with Gasteiger partial charge in [-0.1, -0.05) is 13.8 Å². The first-order chi connectivity index (χ1) is 7.15. The standard InChI is InChI=1S/C13H25NO/c1-10(2)11-7-12(8-11)14-9-13(15-3)5-4-6-13/h10-12,14H,4-9H2,1-3H3. The van der Waals surface area contributed by atoms with Crippen LogP contribution in [0.25, 0.3) is 0 Å². The fourth-order valence-corrected chi connectivity index (χ4v) is 2.73. The summed E-state index contributed by atoms with van der Waals surface area (Å²) in [5.41, 5.74) is 0.197. The first-order valence-electron chi connectivity index (χ1n) is 6.44. The highest BCUT2D eigenvalue weighted by Gasteiger charge is 2.39. The molecule has 2 heteroatoms. The molecular formula is C13H25NO. The number of hydrogen-bond acceptors (Lipinski definition) is 2. The van der Waals surface area contributed by atoms with Crippen molar-refractivity contribution in [2.45, 2.75) is 57.6 Å². The monoisotopic (exact) mass is 211 g/mol. The summed E-state index contributed by atoms with van der Waals surface area (Å²) in [5, 5.41) is 3.67. The molecule has 0 aromatic carbocycles. The van der Waals surface area contributed by atoms with E-state index in [9.17, 15) is 0 Å². The highest BCUT2D eigenvalue weighted by Crippen LogP contribution is 2.37. The first-order valence-corrected chi connectivity index (χ1v) is 6.44. The highest BCUT2D eigenvalue weighted by molar-refractivity contribution is 4.94. The number of hydrogen-bond donors (Lipinski definition) is 1. The molecule has 2 aliphatic carbocycles. The van der Waals surface area contributed by atoms with Crippen LogP contribution in [-0.2, 0) is 4.74 Å². The second-order valence-electron chi connectivity index (χ2n) is 5.79. The van der Waals surface area contributed by atoms with E-state index in [0.29, 0.717) is 0 Å². The average molecular weight is 211 g/mol. The summed E-state index contributed by atoms with van der Waals surface area (Å²) in [5.74, 6) is 1.82. The van der Waals surface area contributed by atoms with Crippen LogP contribution in [0.4, 0.5) is 0 Å². The highest BCUT2D eigenvalue weighted by atomic mass is 16.5. The molecule has 0 amide bonds. The summed E-state index contributed by atoms with van der Waals surface area (Å²) in [4.78, 5) is 0. The molecule has 0 radical (unpaired) electrons. The molecule has 2 fully saturated rings. The van der Waals surface area contributed by atoms with E-state index in [1.807, 2.05) is 7.11 Å². The van der Waals surface area contributed by atoms with E-state index in [0.717, 1.165) is 24.4 Å². The van der Waals surface area contributed by atoms with Crippen molar-refractivity contribution < 1.29 is 4.74 Å². The fourth-order valence-electron chi connectivity index (χ4n) is 2.73. The minimum absolute atomic E-state index is 0.197. The molecule has 88 valence electrons. The molecule has 0 aromatic rings. The van der Waals surface area contributed by atoms with E-state index < -0.39 is 0 Å². The van der Waals surface area contributed by atoms with Gasteiger partial charge in [0.25, 0.3) is 0 Å². The number of nitrogens with one attached hydrogen (secondary N) is 1. The molecule has 2 aliphatic rings. The third kappa shape index (κ3) is 2.36. The van der Waals surface area contributed by atoms with Crippen molar-refractivity contribution in [1.82, 2.24) is 5.32 Å². The summed E-state index contributed by atoms with van der Waals surface area (Å²) in [6.07, 6.45) is 6.58. The van der Waals surface area contributed by atoms with Gasteiger partial charge in [0.15, 0.2) is 0 Å². The van der Waals surface area contributed by atoms with E-state index in [4.69, 9.17) is 4.74 Å². The van der Waals surface area contributed by atoms with Gasteiger partial charge in [-0.3, -0.25) is 0 Å². The number of ether oxygens (including phenoxy) is 1. The molecule has 0 spiro atoms. The van der Waals surface area contributed by atoms with Gasteiger partial charge in [-0.25, -0.2) is 0 Å². The van der Waals surface area contributed by atoms with Crippen LogP contribution >= 0.6 is 0 Å². The molecule has 1 N–H and O–H groups in total. The lowest BCUT2D eigenvalue weighted by atomic mass is 9.73. The summed E-state index contributed by atoms with van der Waals surface area (Å²) in [6, 6.07) is 0.769. The van der Waals surface area contributed by atoms with Crippen LogP contribution in [0.1, 0.15) is 46.0 Å². The van der Waals surface area contributed by atoms with Gasteiger partial charge in [0.2, 0.25) is 0 Å². The molecule has 2 nitrogen and oxygen atoms in total. The van der Waals surface area contributed by atoms with Crippen LogP contribution in [0.5, 0.6) is 0 Å². The van der Waals surface area contributed by atoms with Gasteiger partial charge in [-0.05, 0) is 43.9 Å². The van der Waals surface area contributed by atoms with Gasteiger partial charge in [0.1, 0.15) is 0 Å². The zero-order valence-corrected chi connectivity index (χ0v) is 10.4. The smallest absolute Gasteiger partial charge is 0.0802 e. The zero-order chi connectivity index (χ0) is 10.9. The number of rotatable bonds is 5. The minimum atomic E-state index is 0.197. The summed E-state index contributed by atoms with van der Waals surface area (Å²) in [7, 11) is 1.86. The molecule has 0 heterocycles. The maximum Gasteiger partial charge on any atom is 0.0802 e. The molecule has 15 heavy (non-hydrogen) atoms. The third-order valence-electron chi connectivity index (χ3n) is 4.53. The van der Waals surface area contributed by atoms with Crippen molar-refractivity contribution in [3.05, 3.63) is 0 Å². The number of methoxy groups -OCH3 is 1. The Labute approximate surface area is 93.8 Å². The van der Waals surface area contributed by atoms with Crippen molar-refractivity contribution in [1.29, 1.82) is 0 Å². The lowest BCUT2D eigenvalue weighted by molar-refractivity contribution is -0.0735. The maximum atomic E-state index is 5.60. The second kappa shape index (κ2) is 4.42. The van der Waals surface area contributed by atoms with E-state index in [2.05, 4.69) is 19.2 Å². The molecule has 0 unspecified atom stereocenters. The Hall–Kier alpha value is -0.0800. The summed E-state index contributed by atoms with van der Waals surface area (Å²) < 4.78 is 5.60. The first kappa shape index (κ1) is 11.4. The molecule has 2 saturated carbocycles. The molecule has 0 bridgehead atoms. The molecule has 0 atom stereocenters. The van der Waals surface area contributed by atoms with Gasteiger partial charge in [0.05, 0.1) is 5.60 Å². The van der Waals surface area contributed by atoms with Crippen LogP contribution in [0.2, 0.25) is 0 Å². The van der Waals surface area contributed by atoms with E-state index >= 15 is 0 Å². The van der Waals surface area contributed by atoms with Crippen LogP contribution in [0.3, 0.4) is 0 Å². The largest absolute Gasteiger partial charge is 0.377 e. The topological polar surface area (TPSA) is 21.3 Å². The zero-order valence-electron chi connectivity index (χ0n) is 10.4. The van der Waals surface area contributed by atoms with Crippen LogP contribution < -0.4 is 5.32 Å². The average Bonchev–Trinajstić information content (AvgIpc) is 2.05. The third-order valence-corrected chi connectivity index (χ3v) is 4.53. The predicted octanol–water partition coefficient (Wildman–Crippen LogP) is 2.58. The lowest BCUT2D eigenvalue weighted by Gasteiger charge is -2.45. The normalized spacial score (nSPS) is 33.6.